The summed E-state index contributed by atoms with van der Waals surface area (Å²) in [6.07, 6.45) is 0. The fourth-order valence-electron chi connectivity index (χ4n) is 1.62. The van der Waals surface area contributed by atoms with E-state index in [1.54, 1.807) is 6.07 Å². The number of hydrogen-bond donors (Lipinski definition) is 3. The third-order valence-corrected chi connectivity index (χ3v) is 4.82. The molecular formula is C13H11BrFN3O2S. The van der Waals surface area contributed by atoms with Crippen molar-refractivity contribution < 1.29 is 14.4 Å². The van der Waals surface area contributed by atoms with E-state index in [4.69, 9.17) is 10.9 Å². The first-order valence-corrected chi connectivity index (χ1v) is 7.38. The molecule has 0 atom stereocenters. The summed E-state index contributed by atoms with van der Waals surface area (Å²) >= 11 is 4.65. The van der Waals surface area contributed by atoms with Gasteiger partial charge in [0.15, 0.2) is 5.84 Å². The zero-order valence-corrected chi connectivity index (χ0v) is 13.3. The predicted octanol–water partition coefficient (Wildman–Crippen LogP) is 3.30. The number of nitrogens with two attached hydrogens (primary N) is 1. The minimum Gasteiger partial charge on any atom is -0.409 e. The molecule has 0 spiro atoms. The topological polar surface area (TPSA) is 87.7 Å². The summed E-state index contributed by atoms with van der Waals surface area (Å²) in [6, 6.07) is 5.59. The Kier molecular flexibility index (Phi) is 4.59. The second-order valence-corrected chi connectivity index (χ2v) is 6.57. The third kappa shape index (κ3) is 3.40. The van der Waals surface area contributed by atoms with Crippen LogP contribution in [-0.4, -0.2) is 17.0 Å². The summed E-state index contributed by atoms with van der Waals surface area (Å²) in [4.78, 5) is 12.6. The molecule has 21 heavy (non-hydrogen) atoms. The number of aryl methyl sites for hydroxylation is 1. The van der Waals surface area contributed by atoms with Crippen LogP contribution in [0.5, 0.6) is 0 Å². The average Bonchev–Trinajstić information content (AvgIpc) is 2.80. The second kappa shape index (κ2) is 6.23. The van der Waals surface area contributed by atoms with E-state index >= 15 is 0 Å². The lowest BCUT2D eigenvalue weighted by molar-refractivity contribution is 0.103. The van der Waals surface area contributed by atoms with Crippen LogP contribution in [0.2, 0.25) is 0 Å². The van der Waals surface area contributed by atoms with Crippen molar-refractivity contribution in [1.82, 2.24) is 0 Å². The fourth-order valence-corrected chi connectivity index (χ4v) is 3.05. The molecule has 2 aromatic rings. The Morgan fingerprint density at radius 2 is 2.19 bits per heavy atom. The molecule has 0 radical (unpaired) electrons. The molecule has 0 fully saturated rings. The number of amides is 1. The van der Waals surface area contributed by atoms with Crippen molar-refractivity contribution in [3.8, 4) is 0 Å². The zero-order valence-electron chi connectivity index (χ0n) is 10.9. The maximum atomic E-state index is 13.5. The normalized spacial score (nSPS) is 11.5. The lowest BCUT2D eigenvalue weighted by Gasteiger charge is -2.07. The maximum absolute atomic E-state index is 13.5. The standard InChI is InChI=1S/C13H11BrFN3O2S/c1-6-4-10(21-11(6)14)13(19)17-7-2-3-9(15)8(5-7)12(16)18-20/h2-5,20H,1H3,(H2,16,18)(H,17,19). The Bertz CT molecular complexity index is 711. The maximum Gasteiger partial charge on any atom is 0.265 e. The molecule has 2 rings (SSSR count). The van der Waals surface area contributed by atoms with E-state index in [-0.39, 0.29) is 17.3 Å². The van der Waals surface area contributed by atoms with Crippen LogP contribution in [0.1, 0.15) is 20.8 Å². The number of anilines is 1. The summed E-state index contributed by atoms with van der Waals surface area (Å²) in [7, 11) is 0. The van der Waals surface area contributed by atoms with Crippen LogP contribution in [0, 0.1) is 12.7 Å². The Morgan fingerprint density at radius 3 is 2.76 bits per heavy atom. The van der Waals surface area contributed by atoms with Gasteiger partial charge in [-0.05, 0) is 52.7 Å². The van der Waals surface area contributed by atoms with Gasteiger partial charge in [-0.3, -0.25) is 4.79 Å². The minimum atomic E-state index is -0.641. The van der Waals surface area contributed by atoms with Crippen molar-refractivity contribution in [2.24, 2.45) is 10.9 Å². The van der Waals surface area contributed by atoms with E-state index in [9.17, 15) is 9.18 Å². The molecular weight excluding hydrogens is 361 g/mol. The monoisotopic (exact) mass is 371 g/mol. The van der Waals surface area contributed by atoms with Crippen LogP contribution in [0.3, 0.4) is 0 Å². The Morgan fingerprint density at radius 1 is 1.48 bits per heavy atom. The van der Waals surface area contributed by atoms with Crippen LogP contribution in [0.25, 0.3) is 0 Å². The number of amidine groups is 1. The molecule has 5 nitrogen and oxygen atoms in total. The first-order valence-electron chi connectivity index (χ1n) is 5.77. The van der Waals surface area contributed by atoms with Crippen LogP contribution in [0.4, 0.5) is 10.1 Å². The third-order valence-electron chi connectivity index (χ3n) is 2.69. The van der Waals surface area contributed by atoms with E-state index in [1.165, 1.54) is 23.5 Å². The summed E-state index contributed by atoms with van der Waals surface area (Å²) < 4.78 is 14.4. The van der Waals surface area contributed by atoms with Crippen molar-refractivity contribution in [3.05, 3.63) is 49.9 Å². The molecule has 4 N–H and O–H groups in total. The lowest BCUT2D eigenvalue weighted by atomic mass is 10.1. The molecule has 1 aromatic carbocycles. The minimum absolute atomic E-state index is 0.0844. The fraction of sp³-hybridized carbons (Fsp3) is 0.0769. The molecule has 1 amide bonds. The quantitative estimate of drug-likeness (QED) is 0.334. The van der Waals surface area contributed by atoms with Crippen LogP contribution in [-0.2, 0) is 0 Å². The van der Waals surface area contributed by atoms with Gasteiger partial charge in [-0.25, -0.2) is 4.39 Å². The number of halogens is 2. The largest absolute Gasteiger partial charge is 0.409 e. The van der Waals surface area contributed by atoms with Gasteiger partial charge in [-0.15, -0.1) is 11.3 Å². The molecule has 1 heterocycles. The first-order chi connectivity index (χ1) is 9.92. The van der Waals surface area contributed by atoms with E-state index in [2.05, 4.69) is 26.4 Å². The van der Waals surface area contributed by atoms with Crippen molar-refractivity contribution in [3.63, 3.8) is 0 Å². The van der Waals surface area contributed by atoms with Gasteiger partial charge in [-0.2, -0.15) is 0 Å². The number of benzene rings is 1. The molecule has 110 valence electrons. The van der Waals surface area contributed by atoms with Gasteiger partial charge >= 0.3 is 0 Å². The summed E-state index contributed by atoms with van der Waals surface area (Å²) in [5, 5.41) is 14.0. The Labute approximate surface area is 132 Å². The number of nitrogens with one attached hydrogen (secondary N) is 1. The zero-order chi connectivity index (χ0) is 15.6. The van der Waals surface area contributed by atoms with Crippen LogP contribution in [0.15, 0.2) is 33.2 Å². The van der Waals surface area contributed by atoms with Gasteiger partial charge in [0.1, 0.15) is 5.82 Å². The second-order valence-electron chi connectivity index (χ2n) is 4.20. The molecule has 1 aromatic heterocycles. The molecule has 0 bridgehead atoms. The molecule has 0 unspecified atom stereocenters. The Balaban J connectivity index is 2.25. The first kappa shape index (κ1) is 15.5. The highest BCUT2D eigenvalue weighted by Crippen LogP contribution is 2.28. The number of thiophene rings is 1. The highest BCUT2D eigenvalue weighted by Gasteiger charge is 2.13. The number of carbonyl (C=O) groups excluding carboxylic acids is 1. The Hall–Kier alpha value is -1.93. The number of carbonyl (C=O) groups is 1. The van der Waals surface area contributed by atoms with Gasteiger partial charge < -0.3 is 16.3 Å². The number of nitrogens with zero attached hydrogens (tertiary/aromatic N) is 1. The molecule has 0 saturated carbocycles. The molecule has 0 aliphatic heterocycles. The average molecular weight is 372 g/mol. The van der Waals surface area contributed by atoms with Crippen molar-refractivity contribution in [2.45, 2.75) is 6.92 Å². The molecule has 0 saturated heterocycles. The van der Waals surface area contributed by atoms with Crippen LogP contribution < -0.4 is 11.1 Å². The van der Waals surface area contributed by atoms with Gasteiger partial charge in [0.25, 0.3) is 5.91 Å². The van der Waals surface area contributed by atoms with Crippen LogP contribution >= 0.6 is 27.3 Å². The van der Waals surface area contributed by atoms with Gasteiger partial charge in [-0.1, -0.05) is 5.16 Å². The highest BCUT2D eigenvalue weighted by atomic mass is 79.9. The van der Waals surface area contributed by atoms with Gasteiger partial charge in [0.2, 0.25) is 0 Å². The molecule has 8 heteroatoms. The molecule has 0 aliphatic carbocycles. The number of hydrogen-bond acceptors (Lipinski definition) is 4. The molecule has 0 aliphatic rings. The van der Waals surface area contributed by atoms with Crippen molar-refractivity contribution in [1.29, 1.82) is 0 Å². The highest BCUT2D eigenvalue weighted by molar-refractivity contribution is 9.11. The van der Waals surface area contributed by atoms with Crippen molar-refractivity contribution >= 4 is 44.7 Å². The number of rotatable bonds is 3. The summed E-state index contributed by atoms with van der Waals surface area (Å²) in [6.45, 7) is 1.88. The summed E-state index contributed by atoms with van der Waals surface area (Å²) in [5.41, 5.74) is 6.60. The van der Waals surface area contributed by atoms with E-state index < -0.39 is 5.82 Å². The van der Waals surface area contributed by atoms with Gasteiger partial charge in [0, 0.05) is 5.69 Å². The number of oxime groups is 1. The van der Waals surface area contributed by atoms with E-state index in [0.717, 1.165) is 15.4 Å². The van der Waals surface area contributed by atoms with E-state index in [0.29, 0.717) is 10.6 Å². The SMILES string of the molecule is Cc1cc(C(=O)Nc2ccc(F)c(/C(N)=N/O)c2)sc1Br. The smallest absolute Gasteiger partial charge is 0.265 e. The van der Waals surface area contributed by atoms with Gasteiger partial charge in [0.05, 0.1) is 14.2 Å². The van der Waals surface area contributed by atoms with E-state index in [1.807, 2.05) is 6.92 Å². The predicted molar refractivity (Wildman–Crippen MR) is 83.6 cm³/mol. The lowest BCUT2D eigenvalue weighted by Crippen LogP contribution is -2.16. The van der Waals surface area contributed by atoms with Crippen molar-refractivity contribution in [2.75, 3.05) is 5.32 Å². The summed E-state index contributed by atoms with van der Waals surface area (Å²) in [5.74, 6) is -1.32.